The molecule has 18 heavy (non-hydrogen) atoms. The molecule has 0 aliphatic heterocycles. The summed E-state index contributed by atoms with van der Waals surface area (Å²) in [5, 5.41) is 0. The van der Waals surface area contributed by atoms with E-state index < -0.39 is 5.51 Å². The maximum atomic E-state index is 11.9. The summed E-state index contributed by atoms with van der Waals surface area (Å²) in [5.74, 6) is 0.403. The molecule has 0 spiro atoms. The van der Waals surface area contributed by atoms with Gasteiger partial charge in [-0.2, -0.15) is 13.2 Å². The SMILES string of the molecule is COc1ccc(C=O)cc1OCCSC(F)(F)F. The van der Waals surface area contributed by atoms with Gasteiger partial charge in [-0.05, 0) is 30.0 Å². The molecule has 0 unspecified atom stereocenters. The van der Waals surface area contributed by atoms with Crippen molar-refractivity contribution >= 4 is 18.0 Å². The Hall–Kier alpha value is -1.37. The summed E-state index contributed by atoms with van der Waals surface area (Å²) >= 11 is -0.159. The highest BCUT2D eigenvalue weighted by molar-refractivity contribution is 8.00. The summed E-state index contributed by atoms with van der Waals surface area (Å²) in [4.78, 5) is 10.6. The smallest absolute Gasteiger partial charge is 0.441 e. The number of alkyl halides is 3. The van der Waals surface area contributed by atoms with Crippen LogP contribution >= 0.6 is 11.8 Å². The van der Waals surface area contributed by atoms with Crippen molar-refractivity contribution in [3.8, 4) is 11.5 Å². The number of aldehydes is 1. The number of halogens is 3. The van der Waals surface area contributed by atoms with Gasteiger partial charge in [0.2, 0.25) is 0 Å². The lowest BCUT2D eigenvalue weighted by Gasteiger charge is -2.11. The van der Waals surface area contributed by atoms with E-state index in [2.05, 4.69) is 0 Å². The highest BCUT2D eigenvalue weighted by Gasteiger charge is 2.27. The fourth-order valence-electron chi connectivity index (χ4n) is 1.19. The van der Waals surface area contributed by atoms with Crippen LogP contribution in [0.15, 0.2) is 18.2 Å². The van der Waals surface area contributed by atoms with Gasteiger partial charge in [0, 0.05) is 11.3 Å². The van der Waals surface area contributed by atoms with Gasteiger partial charge in [-0.15, -0.1) is 0 Å². The number of carbonyl (C=O) groups is 1. The molecule has 0 saturated carbocycles. The number of thioether (sulfide) groups is 1. The van der Waals surface area contributed by atoms with Crippen molar-refractivity contribution in [2.75, 3.05) is 19.5 Å². The average Bonchev–Trinajstić information content (AvgIpc) is 2.33. The largest absolute Gasteiger partial charge is 0.493 e. The van der Waals surface area contributed by atoms with E-state index in [9.17, 15) is 18.0 Å². The van der Waals surface area contributed by atoms with Gasteiger partial charge in [0.05, 0.1) is 13.7 Å². The van der Waals surface area contributed by atoms with E-state index >= 15 is 0 Å². The van der Waals surface area contributed by atoms with Crippen LogP contribution in [0.4, 0.5) is 13.2 Å². The predicted octanol–water partition coefficient (Wildman–Crippen LogP) is 3.14. The van der Waals surface area contributed by atoms with Crippen LogP contribution in [-0.2, 0) is 0 Å². The second-order valence-corrected chi connectivity index (χ2v) is 4.33. The monoisotopic (exact) mass is 280 g/mol. The molecule has 3 nitrogen and oxygen atoms in total. The summed E-state index contributed by atoms with van der Waals surface area (Å²) < 4.78 is 45.8. The Labute approximate surface area is 106 Å². The lowest BCUT2D eigenvalue weighted by molar-refractivity contribution is -0.0329. The van der Waals surface area contributed by atoms with Gasteiger partial charge in [0.25, 0.3) is 0 Å². The van der Waals surface area contributed by atoms with E-state index in [4.69, 9.17) is 9.47 Å². The van der Waals surface area contributed by atoms with Gasteiger partial charge in [0.15, 0.2) is 11.5 Å². The minimum absolute atomic E-state index is 0.122. The van der Waals surface area contributed by atoms with Crippen LogP contribution < -0.4 is 9.47 Å². The highest BCUT2D eigenvalue weighted by atomic mass is 32.2. The topological polar surface area (TPSA) is 35.5 Å². The molecule has 0 heterocycles. The van der Waals surface area contributed by atoms with Crippen molar-refractivity contribution in [2.45, 2.75) is 5.51 Å². The molecule has 7 heteroatoms. The third-order valence-electron chi connectivity index (χ3n) is 1.93. The van der Waals surface area contributed by atoms with Crippen molar-refractivity contribution in [2.24, 2.45) is 0 Å². The van der Waals surface area contributed by atoms with E-state index in [1.807, 2.05) is 0 Å². The molecule has 0 N–H and O–H groups in total. The number of rotatable bonds is 6. The molecule has 1 aromatic rings. The Kier molecular flexibility index (Phi) is 5.33. The standard InChI is InChI=1S/C11H11F3O3S/c1-16-9-3-2-8(7-15)6-10(9)17-4-5-18-11(12,13)14/h2-3,6-7H,4-5H2,1H3. The van der Waals surface area contributed by atoms with E-state index in [0.717, 1.165) is 0 Å². The van der Waals surface area contributed by atoms with E-state index in [-0.39, 0.29) is 29.9 Å². The van der Waals surface area contributed by atoms with Gasteiger partial charge < -0.3 is 9.47 Å². The second-order valence-electron chi connectivity index (χ2n) is 3.17. The lowest BCUT2D eigenvalue weighted by atomic mass is 10.2. The number of carbonyl (C=O) groups excluding carboxylic acids is 1. The van der Waals surface area contributed by atoms with Crippen LogP contribution in [0.25, 0.3) is 0 Å². The fraction of sp³-hybridized carbons (Fsp3) is 0.364. The van der Waals surface area contributed by atoms with Gasteiger partial charge in [0.1, 0.15) is 6.29 Å². The van der Waals surface area contributed by atoms with Gasteiger partial charge in [-0.3, -0.25) is 4.79 Å². The molecule has 0 atom stereocenters. The first-order chi connectivity index (χ1) is 8.46. The predicted molar refractivity (Wildman–Crippen MR) is 62.4 cm³/mol. The molecule has 0 aromatic heterocycles. The first-order valence-electron chi connectivity index (χ1n) is 4.93. The molecule has 0 aliphatic rings. The van der Waals surface area contributed by atoms with Gasteiger partial charge in [-0.25, -0.2) is 0 Å². The van der Waals surface area contributed by atoms with Crippen LogP contribution in [0.5, 0.6) is 11.5 Å². The molecular weight excluding hydrogens is 269 g/mol. The van der Waals surface area contributed by atoms with E-state index in [1.54, 1.807) is 0 Å². The number of hydrogen-bond acceptors (Lipinski definition) is 4. The Bertz CT molecular complexity index is 407. The Morgan fingerprint density at radius 2 is 2.06 bits per heavy atom. The van der Waals surface area contributed by atoms with Crippen molar-refractivity contribution < 1.29 is 27.4 Å². The van der Waals surface area contributed by atoms with Crippen LogP contribution in [0.2, 0.25) is 0 Å². The minimum atomic E-state index is -4.27. The molecular formula is C11H11F3O3S. The third-order valence-corrected chi connectivity index (χ3v) is 2.63. The van der Waals surface area contributed by atoms with Crippen molar-refractivity contribution in [1.29, 1.82) is 0 Å². The summed E-state index contributed by atoms with van der Waals surface area (Å²) in [6.07, 6.45) is 0.622. The third kappa shape index (κ3) is 4.87. The summed E-state index contributed by atoms with van der Waals surface area (Å²) in [7, 11) is 1.41. The second kappa shape index (κ2) is 6.53. The van der Waals surface area contributed by atoms with Crippen molar-refractivity contribution in [3.63, 3.8) is 0 Å². The van der Waals surface area contributed by atoms with Crippen LogP contribution in [-0.4, -0.2) is 31.3 Å². The maximum absolute atomic E-state index is 11.9. The Morgan fingerprint density at radius 1 is 1.33 bits per heavy atom. The van der Waals surface area contributed by atoms with Crippen LogP contribution in [0.3, 0.4) is 0 Å². The van der Waals surface area contributed by atoms with Crippen molar-refractivity contribution in [1.82, 2.24) is 0 Å². The average molecular weight is 280 g/mol. The number of hydrogen-bond donors (Lipinski definition) is 0. The molecule has 0 saturated heterocycles. The molecule has 100 valence electrons. The molecule has 0 fully saturated rings. The van der Waals surface area contributed by atoms with Crippen LogP contribution in [0, 0.1) is 0 Å². The zero-order valence-electron chi connectivity index (χ0n) is 9.49. The van der Waals surface area contributed by atoms with Crippen LogP contribution in [0.1, 0.15) is 10.4 Å². The summed E-state index contributed by atoms with van der Waals surface area (Å²) in [6, 6.07) is 4.48. The summed E-state index contributed by atoms with van der Waals surface area (Å²) in [6.45, 7) is -0.122. The fourth-order valence-corrected chi connectivity index (χ4v) is 1.59. The molecule has 1 aromatic carbocycles. The number of methoxy groups -OCH3 is 1. The van der Waals surface area contributed by atoms with E-state index in [0.29, 0.717) is 17.6 Å². The first kappa shape index (κ1) is 14.7. The summed E-state index contributed by atoms with van der Waals surface area (Å²) in [5.41, 5.74) is -3.90. The molecule has 0 amide bonds. The zero-order valence-corrected chi connectivity index (χ0v) is 10.3. The lowest BCUT2D eigenvalue weighted by Crippen LogP contribution is -2.08. The molecule has 0 aliphatic carbocycles. The zero-order chi connectivity index (χ0) is 13.6. The Balaban J connectivity index is 2.57. The minimum Gasteiger partial charge on any atom is -0.493 e. The maximum Gasteiger partial charge on any atom is 0.441 e. The number of benzene rings is 1. The first-order valence-corrected chi connectivity index (χ1v) is 5.91. The van der Waals surface area contributed by atoms with Gasteiger partial charge >= 0.3 is 5.51 Å². The Morgan fingerprint density at radius 3 is 2.61 bits per heavy atom. The molecule has 0 bridgehead atoms. The highest BCUT2D eigenvalue weighted by Crippen LogP contribution is 2.31. The van der Waals surface area contributed by atoms with E-state index in [1.165, 1.54) is 25.3 Å². The quantitative estimate of drug-likeness (QED) is 0.592. The molecule has 0 radical (unpaired) electrons. The number of ether oxygens (including phenoxy) is 2. The van der Waals surface area contributed by atoms with Gasteiger partial charge in [-0.1, -0.05) is 0 Å². The van der Waals surface area contributed by atoms with Crippen molar-refractivity contribution in [3.05, 3.63) is 23.8 Å². The normalized spacial score (nSPS) is 11.1. The molecule has 1 rings (SSSR count).